The Morgan fingerprint density at radius 3 is 2.48 bits per heavy atom. The van der Waals surface area contributed by atoms with E-state index in [1.807, 2.05) is 6.07 Å². The molecule has 0 aliphatic heterocycles. The van der Waals surface area contributed by atoms with Crippen molar-refractivity contribution in [3.63, 3.8) is 0 Å². The van der Waals surface area contributed by atoms with Gasteiger partial charge in [-0.15, -0.1) is 34.0 Å². The molecule has 0 saturated heterocycles. The Labute approximate surface area is 222 Å². The predicted molar refractivity (Wildman–Crippen MR) is 152 cm³/mol. The first-order valence-electron chi connectivity index (χ1n) is 12.5. The lowest BCUT2D eigenvalue weighted by Crippen LogP contribution is -2.53. The summed E-state index contributed by atoms with van der Waals surface area (Å²) in [6, 6.07) is 15.4. The molecule has 0 heterocycles. The lowest BCUT2D eigenvalue weighted by molar-refractivity contribution is 0.0906. The fourth-order valence-corrected chi connectivity index (χ4v) is 5.14. The summed E-state index contributed by atoms with van der Waals surface area (Å²) < 4.78 is 0. The minimum absolute atomic E-state index is 0. The molecule has 2 N–H and O–H groups in total. The summed E-state index contributed by atoms with van der Waals surface area (Å²) in [7, 11) is 0. The lowest BCUT2D eigenvalue weighted by Gasteiger charge is -2.41. The summed E-state index contributed by atoms with van der Waals surface area (Å²) in [6.07, 6.45) is 11.2. The number of nitrogens with one attached hydrogen (secondary N) is 1. The van der Waals surface area contributed by atoms with Crippen molar-refractivity contribution in [3.05, 3.63) is 64.7 Å². The molecular formula is C28H44Br2N2O. The zero-order valence-electron chi connectivity index (χ0n) is 20.7. The zero-order valence-corrected chi connectivity index (χ0v) is 24.1. The molecule has 0 fully saturated rings. The van der Waals surface area contributed by atoms with Gasteiger partial charge in [0.2, 0.25) is 0 Å². The number of hydrogen-bond acceptors (Lipinski definition) is 3. The quantitative estimate of drug-likeness (QED) is 0.205. The van der Waals surface area contributed by atoms with Gasteiger partial charge in [-0.25, -0.2) is 0 Å². The van der Waals surface area contributed by atoms with Crippen LogP contribution in [0.4, 0.5) is 0 Å². The van der Waals surface area contributed by atoms with Gasteiger partial charge in [0.15, 0.2) is 0 Å². The third-order valence-electron chi connectivity index (χ3n) is 6.92. The molecule has 3 rings (SSSR count). The standard InChI is InChI=1S/C28H42N2O.2BrH/c1-4-6-8-13-28(29-19-18-23-11-9-7-10-12-23)30(20-5-2)25-15-16-26-22(3)27(31)17-14-24(26)21-25;;/h7,9-12,14,17,25,28-29,31H,4-6,8,13,15-16,18-21H2,1-3H3;2*1H. The minimum Gasteiger partial charge on any atom is -0.508 e. The third kappa shape index (κ3) is 8.69. The van der Waals surface area contributed by atoms with Gasteiger partial charge in [0.05, 0.1) is 6.17 Å². The lowest BCUT2D eigenvalue weighted by atomic mass is 9.84. The third-order valence-corrected chi connectivity index (χ3v) is 6.92. The highest BCUT2D eigenvalue weighted by atomic mass is 79.9. The van der Waals surface area contributed by atoms with Crippen LogP contribution in [-0.2, 0) is 19.3 Å². The first kappa shape index (κ1) is 30.2. The Bertz CT molecular complexity index is 800. The van der Waals surface area contributed by atoms with E-state index in [-0.39, 0.29) is 34.0 Å². The molecule has 1 aliphatic rings. The van der Waals surface area contributed by atoms with Gasteiger partial charge in [-0.3, -0.25) is 4.90 Å². The van der Waals surface area contributed by atoms with E-state index in [0.29, 0.717) is 18.0 Å². The van der Waals surface area contributed by atoms with E-state index in [1.54, 1.807) is 0 Å². The SMILES string of the molecule is Br.Br.CCCCCC(NCCc1ccccc1)N(CCC)C1CCc2c(ccc(O)c2C)C1. The monoisotopic (exact) mass is 582 g/mol. The van der Waals surface area contributed by atoms with Gasteiger partial charge in [0.1, 0.15) is 5.75 Å². The highest BCUT2D eigenvalue weighted by Gasteiger charge is 2.29. The van der Waals surface area contributed by atoms with Crippen LogP contribution in [0.1, 0.15) is 74.6 Å². The van der Waals surface area contributed by atoms with E-state index in [1.165, 1.54) is 55.2 Å². The van der Waals surface area contributed by atoms with Crippen LogP contribution >= 0.6 is 34.0 Å². The van der Waals surface area contributed by atoms with Gasteiger partial charge < -0.3 is 10.4 Å². The second-order valence-electron chi connectivity index (χ2n) is 9.18. The van der Waals surface area contributed by atoms with Crippen LogP contribution in [0.2, 0.25) is 0 Å². The maximum absolute atomic E-state index is 10.1. The van der Waals surface area contributed by atoms with Crippen LogP contribution in [0.15, 0.2) is 42.5 Å². The molecule has 3 nitrogen and oxygen atoms in total. The highest BCUT2D eigenvalue weighted by Crippen LogP contribution is 2.32. The molecule has 2 unspecified atom stereocenters. The number of rotatable bonds is 12. The second-order valence-corrected chi connectivity index (χ2v) is 9.18. The minimum atomic E-state index is 0. The van der Waals surface area contributed by atoms with E-state index in [2.05, 4.69) is 67.4 Å². The summed E-state index contributed by atoms with van der Waals surface area (Å²) >= 11 is 0. The molecule has 0 aromatic heterocycles. The van der Waals surface area contributed by atoms with Crippen molar-refractivity contribution < 1.29 is 5.11 Å². The van der Waals surface area contributed by atoms with Crippen molar-refractivity contribution in [1.82, 2.24) is 10.2 Å². The van der Waals surface area contributed by atoms with Gasteiger partial charge in [-0.1, -0.05) is 69.5 Å². The van der Waals surface area contributed by atoms with Gasteiger partial charge in [-0.2, -0.15) is 0 Å². The molecule has 0 radical (unpaired) electrons. The van der Waals surface area contributed by atoms with Crippen LogP contribution in [0.5, 0.6) is 5.75 Å². The van der Waals surface area contributed by atoms with Crippen LogP contribution in [0.3, 0.4) is 0 Å². The molecule has 33 heavy (non-hydrogen) atoms. The largest absolute Gasteiger partial charge is 0.508 e. The van der Waals surface area contributed by atoms with Crippen molar-refractivity contribution >= 4 is 34.0 Å². The van der Waals surface area contributed by atoms with Crippen molar-refractivity contribution in [2.24, 2.45) is 0 Å². The summed E-state index contributed by atoms with van der Waals surface area (Å²) in [6.45, 7) is 8.83. The molecule has 2 aromatic rings. The zero-order chi connectivity index (χ0) is 22.1. The van der Waals surface area contributed by atoms with E-state index in [0.717, 1.165) is 37.9 Å². The van der Waals surface area contributed by atoms with E-state index in [9.17, 15) is 5.11 Å². The first-order valence-corrected chi connectivity index (χ1v) is 12.5. The Balaban J connectivity index is 0.00000272. The highest BCUT2D eigenvalue weighted by molar-refractivity contribution is 8.93. The summed E-state index contributed by atoms with van der Waals surface area (Å²) in [5.74, 6) is 0.447. The summed E-state index contributed by atoms with van der Waals surface area (Å²) in [5.41, 5.74) is 5.31. The maximum atomic E-state index is 10.1. The molecule has 0 saturated carbocycles. The van der Waals surface area contributed by atoms with Gasteiger partial charge in [-0.05, 0) is 80.3 Å². The number of nitrogens with zero attached hydrogens (tertiary/aromatic N) is 1. The predicted octanol–water partition coefficient (Wildman–Crippen LogP) is 7.16. The average molecular weight is 584 g/mol. The summed E-state index contributed by atoms with van der Waals surface area (Å²) in [4.78, 5) is 2.77. The van der Waals surface area contributed by atoms with E-state index >= 15 is 0 Å². The molecule has 2 atom stereocenters. The van der Waals surface area contributed by atoms with Crippen molar-refractivity contribution in [2.75, 3.05) is 13.1 Å². The number of unbranched alkanes of at least 4 members (excludes halogenated alkanes) is 2. The topological polar surface area (TPSA) is 35.5 Å². The summed E-state index contributed by atoms with van der Waals surface area (Å²) in [5, 5.41) is 14.1. The van der Waals surface area contributed by atoms with Crippen LogP contribution in [-0.4, -0.2) is 35.3 Å². The molecule has 2 aromatic carbocycles. The molecule has 1 aliphatic carbocycles. The van der Waals surface area contributed by atoms with Crippen molar-refractivity contribution in [1.29, 1.82) is 0 Å². The van der Waals surface area contributed by atoms with E-state index < -0.39 is 0 Å². The molecular weight excluding hydrogens is 540 g/mol. The second kappa shape index (κ2) is 15.9. The maximum Gasteiger partial charge on any atom is 0.118 e. The number of halogens is 2. The normalized spacial score (nSPS) is 15.9. The smallest absolute Gasteiger partial charge is 0.118 e. The molecule has 0 bridgehead atoms. The van der Waals surface area contributed by atoms with Crippen molar-refractivity contribution in [2.45, 2.75) is 90.8 Å². The number of aromatic hydroxyl groups is 1. The number of phenols is 1. The number of hydrogen-bond donors (Lipinski definition) is 2. The van der Waals surface area contributed by atoms with Gasteiger partial charge in [0.25, 0.3) is 0 Å². The Morgan fingerprint density at radius 1 is 1.03 bits per heavy atom. The van der Waals surface area contributed by atoms with E-state index in [4.69, 9.17) is 0 Å². The molecule has 0 amide bonds. The van der Waals surface area contributed by atoms with Gasteiger partial charge >= 0.3 is 0 Å². The fraction of sp³-hybridized carbons (Fsp3) is 0.571. The van der Waals surface area contributed by atoms with Gasteiger partial charge in [0, 0.05) is 12.6 Å². The molecule has 5 heteroatoms. The number of benzene rings is 2. The fourth-order valence-electron chi connectivity index (χ4n) is 5.14. The van der Waals surface area contributed by atoms with Crippen molar-refractivity contribution in [3.8, 4) is 5.75 Å². The Hall–Kier alpha value is -0.880. The average Bonchev–Trinajstić information content (AvgIpc) is 2.80. The Kier molecular flexibility index (Phi) is 14.5. The van der Waals surface area contributed by atoms with Crippen LogP contribution < -0.4 is 5.32 Å². The number of fused-ring (bicyclic) bond motifs is 1. The van der Waals surface area contributed by atoms with Crippen LogP contribution in [0, 0.1) is 6.92 Å². The number of phenolic OH excluding ortho intramolecular Hbond substituents is 1. The molecule has 186 valence electrons. The Morgan fingerprint density at radius 2 is 1.79 bits per heavy atom. The first-order chi connectivity index (χ1) is 15.1. The van der Waals surface area contributed by atoms with Crippen LogP contribution in [0.25, 0.3) is 0 Å². The molecule has 0 spiro atoms.